The minimum Gasteiger partial charge on any atom is -0.504 e. The third-order valence-corrected chi connectivity index (χ3v) is 2.40. The van der Waals surface area contributed by atoms with E-state index in [0.717, 1.165) is 0 Å². The second-order valence-electron chi connectivity index (χ2n) is 3.09. The van der Waals surface area contributed by atoms with Crippen molar-refractivity contribution in [3.63, 3.8) is 0 Å². The first-order valence-corrected chi connectivity index (χ1v) is 4.65. The molecule has 0 amide bonds. The number of hydrogen-bond acceptors (Lipinski definition) is 4. The summed E-state index contributed by atoms with van der Waals surface area (Å²) < 4.78 is 1.93. The quantitative estimate of drug-likeness (QED) is 0.506. The molecular weight excluding hydrogens is 214 g/mol. The van der Waals surface area contributed by atoms with E-state index >= 15 is 0 Å². The number of nitrogens with one attached hydrogen (secondary N) is 1. The summed E-state index contributed by atoms with van der Waals surface area (Å²) in [5, 5.41) is 21.8. The van der Waals surface area contributed by atoms with Gasteiger partial charge >= 0.3 is 0 Å². The zero-order valence-electron chi connectivity index (χ0n) is 7.93. The van der Waals surface area contributed by atoms with Crippen LogP contribution in [-0.2, 0) is 7.05 Å². The Kier molecular flexibility index (Phi) is 2.20. The molecule has 0 aliphatic heterocycles. The highest BCUT2D eigenvalue weighted by Gasteiger charge is 2.11. The first-order valence-electron chi connectivity index (χ1n) is 4.24. The van der Waals surface area contributed by atoms with Gasteiger partial charge in [-0.25, -0.2) is 0 Å². The molecule has 1 heterocycles. The molecule has 6 heteroatoms. The van der Waals surface area contributed by atoms with Crippen LogP contribution in [0, 0.1) is 4.77 Å². The second-order valence-corrected chi connectivity index (χ2v) is 3.45. The molecule has 1 aromatic heterocycles. The van der Waals surface area contributed by atoms with Gasteiger partial charge in [0.05, 0.1) is 5.56 Å². The van der Waals surface area contributed by atoms with Gasteiger partial charge in [-0.3, -0.25) is 9.78 Å². The zero-order valence-corrected chi connectivity index (χ0v) is 8.75. The summed E-state index contributed by atoms with van der Waals surface area (Å²) >= 11 is 4.93. The fraction of sp³-hybridized carbons (Fsp3) is 0.111. The number of aryl methyl sites for hydroxylation is 1. The van der Waals surface area contributed by atoms with Crippen LogP contribution in [-0.4, -0.2) is 25.0 Å². The Morgan fingerprint density at radius 1 is 1.40 bits per heavy atom. The van der Waals surface area contributed by atoms with Crippen molar-refractivity contribution >= 4 is 12.2 Å². The standard InChI is InChI=1S/C9H9N3O2S/c1-12-9(15)10-8(11-12)5-3-2-4-6(13)7(5)14/h2-4,13-14H,1H3,(H,10,11,15). The molecule has 2 rings (SSSR count). The number of benzene rings is 1. The van der Waals surface area contributed by atoms with E-state index in [1.165, 1.54) is 6.07 Å². The summed E-state index contributed by atoms with van der Waals surface area (Å²) in [7, 11) is 1.72. The van der Waals surface area contributed by atoms with Crippen molar-refractivity contribution in [2.45, 2.75) is 0 Å². The van der Waals surface area contributed by atoms with Crippen molar-refractivity contribution in [2.24, 2.45) is 7.05 Å². The molecule has 3 N–H and O–H groups in total. The largest absolute Gasteiger partial charge is 0.504 e. The molecule has 78 valence electrons. The predicted molar refractivity (Wildman–Crippen MR) is 57.2 cm³/mol. The third-order valence-electron chi connectivity index (χ3n) is 2.04. The molecule has 0 aliphatic carbocycles. The molecule has 1 aromatic carbocycles. The number of para-hydroxylation sites is 1. The molecule has 0 spiro atoms. The predicted octanol–water partition coefficient (Wildman–Crippen LogP) is 1.56. The number of rotatable bonds is 1. The average Bonchev–Trinajstić information content (AvgIpc) is 2.51. The number of nitrogens with zero attached hydrogens (tertiary/aromatic N) is 2. The number of phenols is 2. The van der Waals surface area contributed by atoms with Crippen LogP contribution >= 0.6 is 12.2 Å². The van der Waals surface area contributed by atoms with Gasteiger partial charge in [-0.1, -0.05) is 6.07 Å². The molecule has 0 fully saturated rings. The van der Waals surface area contributed by atoms with E-state index < -0.39 is 0 Å². The van der Waals surface area contributed by atoms with Gasteiger partial charge in [0.25, 0.3) is 0 Å². The van der Waals surface area contributed by atoms with Crippen LogP contribution in [0.2, 0.25) is 0 Å². The van der Waals surface area contributed by atoms with Crippen molar-refractivity contribution < 1.29 is 10.2 Å². The maximum atomic E-state index is 9.60. The lowest BCUT2D eigenvalue weighted by molar-refractivity contribution is 0.405. The summed E-state index contributed by atoms with van der Waals surface area (Å²) in [5.74, 6) is 0.0372. The van der Waals surface area contributed by atoms with Crippen LogP contribution < -0.4 is 0 Å². The fourth-order valence-corrected chi connectivity index (χ4v) is 1.38. The van der Waals surface area contributed by atoms with Crippen LogP contribution in [0.3, 0.4) is 0 Å². The van der Waals surface area contributed by atoms with Gasteiger partial charge in [0.2, 0.25) is 4.77 Å². The Hall–Kier alpha value is -1.82. The molecule has 0 bridgehead atoms. The summed E-state index contributed by atoms with van der Waals surface area (Å²) in [5.41, 5.74) is 0.418. The van der Waals surface area contributed by atoms with E-state index in [2.05, 4.69) is 10.1 Å². The summed E-state index contributed by atoms with van der Waals surface area (Å²) in [6, 6.07) is 4.66. The molecule has 5 nitrogen and oxygen atoms in total. The lowest BCUT2D eigenvalue weighted by Gasteiger charge is -2.02. The van der Waals surface area contributed by atoms with Crippen molar-refractivity contribution in [1.29, 1.82) is 0 Å². The average molecular weight is 223 g/mol. The van der Waals surface area contributed by atoms with Gasteiger partial charge in [0.1, 0.15) is 0 Å². The maximum Gasteiger partial charge on any atom is 0.216 e. The number of H-pyrrole nitrogens is 1. The number of aromatic amines is 1. The third kappa shape index (κ3) is 1.59. The molecule has 0 atom stereocenters. The first-order chi connectivity index (χ1) is 7.09. The minimum atomic E-state index is -0.207. The van der Waals surface area contributed by atoms with E-state index in [1.807, 2.05) is 0 Å². The smallest absolute Gasteiger partial charge is 0.216 e. The molecule has 15 heavy (non-hydrogen) atoms. The summed E-state index contributed by atoms with van der Waals surface area (Å²) in [4.78, 5) is 4.03. The molecule has 0 saturated carbocycles. The topological polar surface area (TPSA) is 74.1 Å². The zero-order chi connectivity index (χ0) is 11.0. The van der Waals surface area contributed by atoms with Gasteiger partial charge in [0.15, 0.2) is 17.3 Å². The highest BCUT2D eigenvalue weighted by atomic mass is 32.1. The van der Waals surface area contributed by atoms with E-state index in [9.17, 15) is 10.2 Å². The number of aromatic hydroxyl groups is 2. The Bertz CT molecular complexity index is 559. The summed E-state index contributed by atoms with van der Waals surface area (Å²) in [6.07, 6.45) is 0. The highest BCUT2D eigenvalue weighted by Crippen LogP contribution is 2.33. The minimum absolute atomic E-state index is 0.183. The van der Waals surface area contributed by atoms with E-state index in [4.69, 9.17) is 12.2 Å². The SMILES string of the molecule is Cn1[nH]c(-c2cccc(O)c2O)nc1=S. The summed E-state index contributed by atoms with van der Waals surface area (Å²) in [6.45, 7) is 0. The first kappa shape index (κ1) is 9.72. The lowest BCUT2D eigenvalue weighted by atomic mass is 10.2. The monoisotopic (exact) mass is 223 g/mol. The van der Waals surface area contributed by atoms with E-state index in [0.29, 0.717) is 16.2 Å². The van der Waals surface area contributed by atoms with Gasteiger partial charge < -0.3 is 10.2 Å². The van der Waals surface area contributed by atoms with Crippen molar-refractivity contribution in [3.8, 4) is 22.9 Å². The Morgan fingerprint density at radius 2 is 2.13 bits per heavy atom. The number of hydrogen-bond donors (Lipinski definition) is 3. The van der Waals surface area contributed by atoms with Gasteiger partial charge in [-0.2, -0.15) is 4.98 Å². The molecule has 0 radical (unpaired) electrons. The Morgan fingerprint density at radius 3 is 2.73 bits per heavy atom. The van der Waals surface area contributed by atoms with Crippen LogP contribution in [0.1, 0.15) is 0 Å². The van der Waals surface area contributed by atoms with Crippen LogP contribution in [0.15, 0.2) is 18.2 Å². The van der Waals surface area contributed by atoms with Crippen LogP contribution in [0.5, 0.6) is 11.5 Å². The van der Waals surface area contributed by atoms with E-state index in [1.54, 1.807) is 23.9 Å². The molecule has 0 unspecified atom stereocenters. The Balaban J connectivity index is 2.64. The second kappa shape index (κ2) is 3.39. The van der Waals surface area contributed by atoms with E-state index in [-0.39, 0.29) is 11.5 Å². The molecule has 0 saturated heterocycles. The fourth-order valence-electron chi connectivity index (χ4n) is 1.25. The molecule has 0 aliphatic rings. The number of aromatic nitrogens is 3. The maximum absolute atomic E-state index is 9.60. The van der Waals surface area contributed by atoms with Crippen LogP contribution in [0.25, 0.3) is 11.4 Å². The van der Waals surface area contributed by atoms with Crippen molar-refractivity contribution in [1.82, 2.24) is 14.8 Å². The molecule has 2 aromatic rings. The highest BCUT2D eigenvalue weighted by molar-refractivity contribution is 7.71. The number of phenolic OH excluding ortho intramolecular Hbond substituents is 2. The Labute approximate surface area is 90.6 Å². The van der Waals surface area contributed by atoms with Crippen molar-refractivity contribution in [2.75, 3.05) is 0 Å². The van der Waals surface area contributed by atoms with Gasteiger partial charge in [-0.05, 0) is 24.4 Å². The van der Waals surface area contributed by atoms with Crippen LogP contribution in [0.4, 0.5) is 0 Å². The molecular formula is C9H9N3O2S. The normalized spacial score (nSPS) is 10.5. The van der Waals surface area contributed by atoms with Gasteiger partial charge in [-0.15, -0.1) is 0 Å². The van der Waals surface area contributed by atoms with Gasteiger partial charge in [0, 0.05) is 7.05 Å². The lowest BCUT2D eigenvalue weighted by Crippen LogP contribution is -1.89. The van der Waals surface area contributed by atoms with Crippen molar-refractivity contribution in [3.05, 3.63) is 23.0 Å².